The van der Waals surface area contributed by atoms with Gasteiger partial charge in [-0.2, -0.15) is 0 Å². The van der Waals surface area contributed by atoms with Crippen molar-refractivity contribution in [3.8, 4) is 0 Å². The Bertz CT molecular complexity index is 1440. The summed E-state index contributed by atoms with van der Waals surface area (Å²) >= 11 is 0. The van der Waals surface area contributed by atoms with E-state index in [1.807, 2.05) is 38.1 Å². The van der Waals surface area contributed by atoms with Crippen LogP contribution in [0.15, 0.2) is 42.9 Å². The van der Waals surface area contributed by atoms with Crippen LogP contribution in [0.3, 0.4) is 0 Å². The molecule has 2 heterocycles. The highest BCUT2D eigenvalue weighted by Gasteiger charge is 2.43. The summed E-state index contributed by atoms with van der Waals surface area (Å²) < 4.78 is 0. The van der Waals surface area contributed by atoms with Crippen molar-refractivity contribution < 1.29 is 28.8 Å². The van der Waals surface area contributed by atoms with Gasteiger partial charge in [0.25, 0.3) is 11.8 Å². The van der Waals surface area contributed by atoms with E-state index >= 15 is 0 Å². The van der Waals surface area contributed by atoms with E-state index in [1.54, 1.807) is 27.7 Å². The van der Waals surface area contributed by atoms with Crippen LogP contribution in [0.4, 0.5) is 0 Å². The second kappa shape index (κ2) is 15.5. The van der Waals surface area contributed by atoms with E-state index in [2.05, 4.69) is 25.9 Å². The van der Waals surface area contributed by atoms with Gasteiger partial charge in [-0.3, -0.25) is 33.8 Å². The number of Topliss-reactive ketones (excluding diaryl/α,β-unsaturated/α-hetero) is 1. The predicted octanol–water partition coefficient (Wildman–Crippen LogP) is 1.44. The summed E-state index contributed by atoms with van der Waals surface area (Å²) in [5.74, 6) is -4.62. The topological polar surface area (TPSA) is 194 Å². The summed E-state index contributed by atoms with van der Waals surface area (Å²) in [7, 11) is 0. The number of hydrogen-bond acceptors (Lipinski definition) is 8. The number of carbonyl (C=O) groups is 6. The summed E-state index contributed by atoms with van der Waals surface area (Å²) in [6.45, 7) is 11.0. The third kappa shape index (κ3) is 8.73. The number of carbonyl (C=O) groups excluding carboxylic acids is 6. The third-order valence-corrected chi connectivity index (χ3v) is 8.26. The molecule has 0 fully saturated rings. The number of amides is 5. The number of nitrogens with one attached hydrogen (secondary N) is 3. The molecular weight excluding hydrogens is 590 g/mol. The smallest absolute Gasteiger partial charge is 0.287 e. The molecule has 2 aromatic rings. The molecule has 0 saturated carbocycles. The van der Waals surface area contributed by atoms with Crippen LogP contribution in [-0.2, 0) is 36.9 Å². The van der Waals surface area contributed by atoms with E-state index in [-0.39, 0.29) is 31.0 Å². The Morgan fingerprint density at radius 1 is 1.00 bits per heavy atom. The largest absolute Gasteiger partial charge is 0.363 e. The zero-order chi connectivity index (χ0) is 34.2. The highest BCUT2D eigenvalue weighted by Crippen LogP contribution is 2.29. The Morgan fingerprint density at radius 3 is 2.24 bits per heavy atom. The Hall–Kier alpha value is -4.68. The molecule has 1 unspecified atom stereocenters. The monoisotopic (exact) mass is 635 g/mol. The average Bonchev–Trinajstić information content (AvgIpc) is 3.03. The van der Waals surface area contributed by atoms with Crippen LogP contribution in [-0.4, -0.2) is 74.4 Å². The zero-order valence-corrected chi connectivity index (χ0v) is 27.3. The van der Waals surface area contributed by atoms with Crippen molar-refractivity contribution in [1.29, 1.82) is 0 Å². The van der Waals surface area contributed by atoms with Crippen molar-refractivity contribution in [1.82, 2.24) is 30.8 Å². The molecule has 3 rings (SSSR count). The number of aromatic nitrogens is 2. The molecular formula is C33H45N7O6. The van der Waals surface area contributed by atoms with Gasteiger partial charge in [0.15, 0.2) is 0 Å². The van der Waals surface area contributed by atoms with Crippen LogP contribution in [0.1, 0.15) is 82.4 Å². The number of fused-ring (bicyclic) bond motifs is 1. The lowest BCUT2D eigenvalue weighted by Gasteiger charge is -2.41. The van der Waals surface area contributed by atoms with Gasteiger partial charge in [0, 0.05) is 25.4 Å². The lowest BCUT2D eigenvalue weighted by molar-refractivity contribution is -0.148. The molecule has 1 aliphatic rings. The predicted molar refractivity (Wildman–Crippen MR) is 170 cm³/mol. The van der Waals surface area contributed by atoms with E-state index in [0.717, 1.165) is 11.1 Å². The summed E-state index contributed by atoms with van der Waals surface area (Å²) in [6.07, 6.45) is 5.52. The molecule has 5 amide bonds. The molecule has 0 saturated heterocycles. The molecule has 248 valence electrons. The molecule has 1 aromatic heterocycles. The standard InChI is InChI=1S/C33H45N7O6/c1-7-11-22(26(41)28(34)42)37-30(44)24-16-20-12-9-10-13-21(20)18-40(24)32(46)27(33(4,5)6)39-31(45)25(19(3)8-2)38-29(43)23-17-35-14-15-36-23/h9-10,12-15,17,19,22,24-25,27H,7-8,11,16,18H2,1-6H3,(H2,34,42)(H,37,44)(H,38,43)(H,39,45)/t19?,22-,24-,25-,27+/m0/s1. The highest BCUT2D eigenvalue weighted by molar-refractivity contribution is 6.37. The van der Waals surface area contributed by atoms with Crippen LogP contribution >= 0.6 is 0 Å². The Kier molecular flexibility index (Phi) is 12.1. The molecule has 1 aromatic carbocycles. The molecule has 46 heavy (non-hydrogen) atoms. The van der Waals surface area contributed by atoms with E-state index in [4.69, 9.17) is 5.73 Å². The maximum Gasteiger partial charge on any atom is 0.287 e. The summed E-state index contributed by atoms with van der Waals surface area (Å²) in [5.41, 5.74) is 6.17. The molecule has 13 nitrogen and oxygen atoms in total. The number of primary amides is 1. The maximum absolute atomic E-state index is 14.4. The Labute approximate surface area is 269 Å². The van der Waals surface area contributed by atoms with Crippen LogP contribution in [0.5, 0.6) is 0 Å². The molecule has 13 heteroatoms. The van der Waals surface area contributed by atoms with Crippen LogP contribution < -0.4 is 21.7 Å². The van der Waals surface area contributed by atoms with E-state index < -0.39 is 64.9 Å². The van der Waals surface area contributed by atoms with Gasteiger partial charge in [0.05, 0.1) is 12.2 Å². The molecule has 0 spiro atoms. The Balaban J connectivity index is 1.94. The fourth-order valence-corrected chi connectivity index (χ4v) is 5.37. The molecule has 5 atom stereocenters. The normalized spacial score (nSPS) is 17.0. The minimum absolute atomic E-state index is 0.0454. The van der Waals surface area contributed by atoms with Crippen molar-refractivity contribution >= 4 is 35.3 Å². The second-order valence-electron chi connectivity index (χ2n) is 12.8. The van der Waals surface area contributed by atoms with Crippen molar-refractivity contribution in [3.05, 3.63) is 59.7 Å². The first kappa shape index (κ1) is 35.8. The van der Waals surface area contributed by atoms with Crippen molar-refractivity contribution in [2.24, 2.45) is 17.1 Å². The lowest BCUT2D eigenvalue weighted by atomic mass is 9.83. The second-order valence-corrected chi connectivity index (χ2v) is 12.8. The fourth-order valence-electron chi connectivity index (χ4n) is 5.37. The highest BCUT2D eigenvalue weighted by atomic mass is 16.2. The summed E-state index contributed by atoms with van der Waals surface area (Å²) in [4.78, 5) is 88.5. The van der Waals surface area contributed by atoms with Gasteiger partial charge in [-0.25, -0.2) is 4.98 Å². The number of hydrogen-bond donors (Lipinski definition) is 4. The van der Waals surface area contributed by atoms with Gasteiger partial charge in [0.1, 0.15) is 23.8 Å². The van der Waals surface area contributed by atoms with Crippen LogP contribution in [0, 0.1) is 11.3 Å². The van der Waals surface area contributed by atoms with Gasteiger partial charge in [-0.15, -0.1) is 0 Å². The molecule has 0 aliphatic carbocycles. The molecule has 0 bridgehead atoms. The average molecular weight is 636 g/mol. The summed E-state index contributed by atoms with van der Waals surface area (Å²) in [6, 6.07) is 3.16. The van der Waals surface area contributed by atoms with Crippen molar-refractivity contribution in [3.63, 3.8) is 0 Å². The van der Waals surface area contributed by atoms with Gasteiger partial charge < -0.3 is 26.6 Å². The first-order chi connectivity index (χ1) is 21.7. The molecule has 0 radical (unpaired) electrons. The number of rotatable bonds is 13. The SMILES string of the molecule is CCC[C@H](NC(=O)[C@@H]1Cc2ccccc2CN1C(=O)[C@@H](NC(=O)[C@@H](NC(=O)c1cnccn1)C(C)CC)C(C)(C)C)C(=O)C(N)=O. The fraction of sp³-hybridized carbons (Fsp3) is 0.515. The molecule has 5 N–H and O–H groups in total. The van der Waals surface area contributed by atoms with Gasteiger partial charge in [0.2, 0.25) is 23.5 Å². The minimum Gasteiger partial charge on any atom is -0.363 e. The van der Waals surface area contributed by atoms with Gasteiger partial charge in [-0.05, 0) is 28.9 Å². The number of nitrogens with zero attached hydrogens (tertiary/aromatic N) is 3. The van der Waals surface area contributed by atoms with E-state index in [9.17, 15) is 28.8 Å². The Morgan fingerprint density at radius 2 is 1.67 bits per heavy atom. The van der Waals surface area contributed by atoms with Crippen LogP contribution in [0.2, 0.25) is 0 Å². The quantitative estimate of drug-likeness (QED) is 0.238. The molecule has 1 aliphatic heterocycles. The van der Waals surface area contributed by atoms with Gasteiger partial charge >= 0.3 is 0 Å². The zero-order valence-electron chi connectivity index (χ0n) is 27.3. The lowest BCUT2D eigenvalue weighted by Crippen LogP contribution is -2.63. The van der Waals surface area contributed by atoms with E-state index in [0.29, 0.717) is 12.8 Å². The first-order valence-electron chi connectivity index (χ1n) is 15.6. The van der Waals surface area contributed by atoms with Gasteiger partial charge in [-0.1, -0.05) is 78.6 Å². The first-order valence-corrected chi connectivity index (χ1v) is 15.6. The third-order valence-electron chi connectivity index (χ3n) is 8.26. The van der Waals surface area contributed by atoms with Crippen LogP contribution in [0.25, 0.3) is 0 Å². The van der Waals surface area contributed by atoms with E-state index in [1.165, 1.54) is 23.5 Å². The summed E-state index contributed by atoms with van der Waals surface area (Å²) in [5, 5.41) is 8.27. The number of benzene rings is 1. The minimum atomic E-state index is -1.15. The maximum atomic E-state index is 14.4. The number of ketones is 1. The van der Waals surface area contributed by atoms with Crippen molar-refractivity contribution in [2.75, 3.05) is 0 Å². The van der Waals surface area contributed by atoms with Crippen molar-refractivity contribution in [2.45, 2.75) is 97.9 Å². The number of nitrogens with two attached hydrogens (primary N) is 1.